The quantitative estimate of drug-likeness (QED) is 0.899. The molecule has 0 unspecified atom stereocenters. The van der Waals surface area contributed by atoms with Crippen molar-refractivity contribution in [3.05, 3.63) is 18.0 Å². The third-order valence-electron chi connectivity index (χ3n) is 3.39. The van der Waals surface area contributed by atoms with Crippen LogP contribution in [-0.2, 0) is 6.42 Å². The number of halogens is 5. The Bertz CT molecular complexity index is 459. The molecule has 0 radical (unpaired) electrons. The summed E-state index contributed by atoms with van der Waals surface area (Å²) in [7, 11) is 0. The molecule has 1 aliphatic rings. The van der Waals surface area contributed by atoms with Gasteiger partial charge in [0.05, 0.1) is 0 Å². The van der Waals surface area contributed by atoms with Crippen LogP contribution in [0.2, 0.25) is 0 Å². The first-order valence-corrected chi connectivity index (χ1v) is 6.74. The van der Waals surface area contributed by atoms with Gasteiger partial charge in [-0.1, -0.05) is 0 Å². The number of hydrogen-bond acceptors (Lipinski definition) is 4. The Morgan fingerprint density at radius 3 is 2.64 bits per heavy atom. The second-order valence-corrected chi connectivity index (χ2v) is 5.27. The van der Waals surface area contributed by atoms with E-state index in [0.717, 1.165) is 13.1 Å². The van der Waals surface area contributed by atoms with Gasteiger partial charge in [0.2, 0.25) is 5.95 Å². The molecule has 22 heavy (non-hydrogen) atoms. The average Bonchev–Trinajstić information content (AvgIpc) is 2.39. The lowest BCUT2D eigenvalue weighted by atomic mass is 10.1. The van der Waals surface area contributed by atoms with E-state index >= 15 is 0 Å². The van der Waals surface area contributed by atoms with Crippen molar-refractivity contribution < 1.29 is 13.2 Å². The molecular weight excluding hydrogens is 340 g/mol. The van der Waals surface area contributed by atoms with Crippen molar-refractivity contribution in [3.63, 3.8) is 0 Å². The first kappa shape index (κ1) is 21.2. The molecule has 0 amide bonds. The third kappa shape index (κ3) is 6.14. The Kier molecular flexibility index (Phi) is 8.43. The van der Waals surface area contributed by atoms with E-state index < -0.39 is 12.6 Å². The van der Waals surface area contributed by atoms with E-state index in [9.17, 15) is 13.2 Å². The summed E-state index contributed by atoms with van der Waals surface area (Å²) >= 11 is 0. The highest BCUT2D eigenvalue weighted by atomic mass is 35.5. The molecule has 1 fully saturated rings. The van der Waals surface area contributed by atoms with Crippen LogP contribution in [0.5, 0.6) is 0 Å². The number of alkyl halides is 3. The highest BCUT2D eigenvalue weighted by Gasteiger charge is 2.28. The van der Waals surface area contributed by atoms with Gasteiger partial charge >= 0.3 is 6.18 Å². The van der Waals surface area contributed by atoms with Crippen LogP contribution in [0, 0.1) is 0 Å². The minimum Gasteiger partial charge on any atom is -0.335 e. The molecule has 2 heterocycles. The van der Waals surface area contributed by atoms with E-state index in [2.05, 4.69) is 22.2 Å². The van der Waals surface area contributed by atoms with Crippen LogP contribution >= 0.6 is 24.8 Å². The van der Waals surface area contributed by atoms with E-state index in [1.807, 2.05) is 11.8 Å². The van der Waals surface area contributed by atoms with E-state index in [1.54, 1.807) is 6.07 Å². The van der Waals surface area contributed by atoms with Crippen LogP contribution in [0.25, 0.3) is 0 Å². The summed E-state index contributed by atoms with van der Waals surface area (Å²) < 4.78 is 36.7. The molecule has 0 aromatic carbocycles. The summed E-state index contributed by atoms with van der Waals surface area (Å²) in [6.07, 6.45) is -3.57. The molecule has 1 N–H and O–H groups in total. The maximum Gasteiger partial charge on any atom is 0.389 e. The van der Waals surface area contributed by atoms with Crippen molar-refractivity contribution in [1.29, 1.82) is 0 Å². The molecular formula is C13H21Cl2F3N4. The van der Waals surface area contributed by atoms with Gasteiger partial charge in [0, 0.05) is 43.5 Å². The summed E-state index contributed by atoms with van der Waals surface area (Å²) in [6.45, 7) is 5.68. The van der Waals surface area contributed by atoms with Gasteiger partial charge in [-0.05, 0) is 26.3 Å². The zero-order valence-electron chi connectivity index (χ0n) is 12.4. The predicted octanol–water partition coefficient (Wildman–Crippen LogP) is 3.00. The second kappa shape index (κ2) is 8.74. The first-order valence-electron chi connectivity index (χ1n) is 6.74. The number of nitrogens with one attached hydrogen (secondary N) is 1. The van der Waals surface area contributed by atoms with Crippen molar-refractivity contribution >= 4 is 30.8 Å². The molecule has 128 valence electrons. The van der Waals surface area contributed by atoms with Crippen LogP contribution < -0.4 is 10.2 Å². The van der Waals surface area contributed by atoms with Crippen LogP contribution in [0.1, 0.15) is 26.0 Å². The van der Waals surface area contributed by atoms with Gasteiger partial charge in [-0.3, -0.25) is 0 Å². The number of piperazine rings is 1. The summed E-state index contributed by atoms with van der Waals surface area (Å²) in [6, 6.07) is 2.09. The number of aryl methyl sites for hydroxylation is 1. The van der Waals surface area contributed by atoms with Gasteiger partial charge in [0.1, 0.15) is 0 Å². The van der Waals surface area contributed by atoms with Crippen molar-refractivity contribution in [2.75, 3.05) is 18.0 Å². The van der Waals surface area contributed by atoms with Crippen LogP contribution in [0.3, 0.4) is 0 Å². The second-order valence-electron chi connectivity index (χ2n) is 5.27. The van der Waals surface area contributed by atoms with Crippen molar-refractivity contribution in [2.24, 2.45) is 0 Å². The molecule has 0 spiro atoms. The highest BCUT2D eigenvalue weighted by molar-refractivity contribution is 5.85. The number of hydrogen-bond donors (Lipinski definition) is 1. The number of rotatable bonds is 3. The van der Waals surface area contributed by atoms with Gasteiger partial charge in [-0.25, -0.2) is 9.97 Å². The Labute approximate surface area is 140 Å². The Morgan fingerprint density at radius 2 is 2.00 bits per heavy atom. The lowest BCUT2D eigenvalue weighted by molar-refractivity contribution is -0.134. The summed E-state index contributed by atoms with van der Waals surface area (Å²) in [5, 5.41) is 3.35. The van der Waals surface area contributed by atoms with E-state index in [4.69, 9.17) is 0 Å². The largest absolute Gasteiger partial charge is 0.389 e. The number of aromatic nitrogens is 2. The van der Waals surface area contributed by atoms with Crippen LogP contribution in [0.4, 0.5) is 19.1 Å². The molecule has 0 bridgehead atoms. The fraction of sp³-hybridized carbons (Fsp3) is 0.692. The Balaban J connectivity index is 0.00000220. The maximum atomic E-state index is 12.2. The zero-order valence-corrected chi connectivity index (χ0v) is 14.1. The fourth-order valence-corrected chi connectivity index (χ4v) is 2.23. The summed E-state index contributed by atoms with van der Waals surface area (Å²) in [5.74, 6) is 0.519. The molecule has 1 aromatic rings. The van der Waals surface area contributed by atoms with Crippen molar-refractivity contribution in [2.45, 2.75) is 44.9 Å². The van der Waals surface area contributed by atoms with Crippen LogP contribution in [-0.4, -0.2) is 41.3 Å². The van der Waals surface area contributed by atoms with Crippen molar-refractivity contribution in [1.82, 2.24) is 15.3 Å². The van der Waals surface area contributed by atoms with Gasteiger partial charge in [0.15, 0.2) is 0 Å². The lowest BCUT2D eigenvalue weighted by Gasteiger charge is -2.37. The smallest absolute Gasteiger partial charge is 0.335 e. The molecule has 9 heteroatoms. The minimum atomic E-state index is -4.15. The Morgan fingerprint density at radius 1 is 1.32 bits per heavy atom. The first-order chi connectivity index (χ1) is 9.35. The van der Waals surface area contributed by atoms with Crippen molar-refractivity contribution in [3.8, 4) is 0 Å². The zero-order chi connectivity index (χ0) is 14.8. The average molecular weight is 361 g/mol. The number of nitrogens with zero attached hydrogens (tertiary/aromatic N) is 3. The monoisotopic (exact) mass is 360 g/mol. The van der Waals surface area contributed by atoms with E-state index in [-0.39, 0.29) is 37.3 Å². The molecule has 2 atom stereocenters. The molecule has 0 saturated carbocycles. The molecule has 1 aliphatic heterocycles. The lowest BCUT2D eigenvalue weighted by Crippen LogP contribution is -2.55. The highest BCUT2D eigenvalue weighted by Crippen LogP contribution is 2.22. The molecule has 2 rings (SSSR count). The van der Waals surface area contributed by atoms with E-state index in [0.29, 0.717) is 17.7 Å². The molecule has 1 aromatic heterocycles. The number of anilines is 1. The Hall–Kier alpha value is -0.790. The summed E-state index contributed by atoms with van der Waals surface area (Å²) in [4.78, 5) is 10.5. The van der Waals surface area contributed by atoms with Crippen LogP contribution in [0.15, 0.2) is 12.3 Å². The fourth-order valence-electron chi connectivity index (χ4n) is 2.23. The normalized spacial score (nSPS) is 21.8. The molecule has 0 aliphatic carbocycles. The summed E-state index contributed by atoms with van der Waals surface area (Å²) in [5.41, 5.74) is 0.436. The van der Waals surface area contributed by atoms with Gasteiger partial charge in [-0.15, -0.1) is 24.8 Å². The van der Waals surface area contributed by atoms with Gasteiger partial charge in [-0.2, -0.15) is 13.2 Å². The predicted molar refractivity (Wildman–Crippen MR) is 85.2 cm³/mol. The maximum absolute atomic E-state index is 12.2. The van der Waals surface area contributed by atoms with E-state index in [1.165, 1.54) is 6.20 Å². The SMILES string of the molecule is C[C@@H]1CN(c2nccc(CCC(F)(F)F)n2)[C@@H](C)CN1.Cl.Cl. The van der Waals surface area contributed by atoms with Gasteiger partial charge < -0.3 is 10.2 Å². The molecule has 1 saturated heterocycles. The topological polar surface area (TPSA) is 41.1 Å². The molecule has 4 nitrogen and oxygen atoms in total. The third-order valence-corrected chi connectivity index (χ3v) is 3.39. The van der Waals surface area contributed by atoms with Gasteiger partial charge in [0.25, 0.3) is 0 Å². The standard InChI is InChI=1S/C13H19F3N4.2ClH/c1-9-8-20(10(2)7-18-9)12-17-6-4-11(19-12)3-5-13(14,15)16;;/h4,6,9-10,18H,3,5,7-8H2,1-2H3;2*1H/t9-,10+;;/m1../s1. The minimum absolute atomic E-state index is 0.